The van der Waals surface area contributed by atoms with Gasteiger partial charge in [-0.3, -0.25) is 0 Å². The Labute approximate surface area is 114 Å². The molecule has 0 atom stereocenters. The van der Waals surface area contributed by atoms with Crippen LogP contribution < -0.4 is 4.74 Å². The second kappa shape index (κ2) is 6.87. The van der Waals surface area contributed by atoms with Crippen LogP contribution in [0.2, 0.25) is 0 Å². The van der Waals surface area contributed by atoms with Crippen molar-refractivity contribution in [1.29, 1.82) is 0 Å². The molecule has 4 heteroatoms. The fourth-order valence-corrected chi connectivity index (χ4v) is 2.44. The monoisotopic (exact) mass is 267 g/mol. The van der Waals surface area contributed by atoms with Gasteiger partial charge < -0.3 is 14.7 Å². The highest BCUT2D eigenvalue weighted by atomic mass is 19.1. The number of ether oxygens (including phenoxy) is 1. The Morgan fingerprint density at radius 3 is 2.63 bits per heavy atom. The normalized spacial score (nSPS) is 22.3. The van der Waals surface area contributed by atoms with Gasteiger partial charge in [-0.2, -0.15) is 0 Å². The molecule has 1 aliphatic rings. The molecular weight excluding hydrogens is 245 g/mol. The molecular formula is C15H22FNO2. The highest BCUT2D eigenvalue weighted by Gasteiger charge is 2.27. The average molecular weight is 267 g/mol. The first-order chi connectivity index (χ1) is 9.13. The maximum Gasteiger partial charge on any atom is 0.123 e. The van der Waals surface area contributed by atoms with Gasteiger partial charge in [0.2, 0.25) is 0 Å². The van der Waals surface area contributed by atoms with Crippen molar-refractivity contribution in [2.75, 3.05) is 26.7 Å². The Hall–Kier alpha value is -1.13. The smallest absolute Gasteiger partial charge is 0.123 e. The summed E-state index contributed by atoms with van der Waals surface area (Å²) in [6, 6.07) is 6.11. The number of rotatable bonds is 7. The number of aliphatic hydroxyl groups excluding tert-OH is 1. The summed E-state index contributed by atoms with van der Waals surface area (Å²) in [6.45, 7) is 2.67. The van der Waals surface area contributed by atoms with Crippen LogP contribution in [0.25, 0.3) is 0 Å². The van der Waals surface area contributed by atoms with Crippen molar-refractivity contribution in [1.82, 2.24) is 4.90 Å². The number of halogens is 1. The molecule has 0 heterocycles. The predicted molar refractivity (Wildman–Crippen MR) is 72.7 cm³/mol. The van der Waals surface area contributed by atoms with Gasteiger partial charge in [0, 0.05) is 13.1 Å². The van der Waals surface area contributed by atoms with E-state index < -0.39 is 0 Å². The van der Waals surface area contributed by atoms with Crippen molar-refractivity contribution in [2.24, 2.45) is 5.92 Å². The third-order valence-corrected chi connectivity index (χ3v) is 3.55. The van der Waals surface area contributed by atoms with E-state index in [9.17, 15) is 9.50 Å². The van der Waals surface area contributed by atoms with Crippen LogP contribution in [0, 0.1) is 11.7 Å². The fourth-order valence-electron chi connectivity index (χ4n) is 2.44. The first kappa shape index (κ1) is 14.3. The first-order valence-electron chi connectivity index (χ1n) is 6.88. The second-order valence-electron chi connectivity index (χ2n) is 5.41. The van der Waals surface area contributed by atoms with Crippen molar-refractivity contribution in [2.45, 2.75) is 25.4 Å². The van der Waals surface area contributed by atoms with E-state index >= 15 is 0 Å². The lowest BCUT2D eigenvalue weighted by Gasteiger charge is -2.34. The minimum absolute atomic E-state index is 0.0693. The van der Waals surface area contributed by atoms with Crippen LogP contribution in [0.3, 0.4) is 0 Å². The summed E-state index contributed by atoms with van der Waals surface area (Å²) in [5, 5.41) is 9.23. The number of aliphatic hydroxyl groups is 1. The van der Waals surface area contributed by atoms with Crippen LogP contribution in [0.4, 0.5) is 4.39 Å². The van der Waals surface area contributed by atoms with Gasteiger partial charge in [0.25, 0.3) is 0 Å². The Balaban J connectivity index is 1.55. The van der Waals surface area contributed by atoms with E-state index in [0.717, 1.165) is 32.4 Å². The lowest BCUT2D eigenvalue weighted by Crippen LogP contribution is -2.37. The average Bonchev–Trinajstić information content (AvgIpc) is 2.35. The molecule has 2 rings (SSSR count). The minimum Gasteiger partial charge on any atom is -0.494 e. The molecule has 1 fully saturated rings. The van der Waals surface area contributed by atoms with Crippen molar-refractivity contribution >= 4 is 0 Å². The van der Waals surface area contributed by atoms with E-state index in [0.29, 0.717) is 18.3 Å². The first-order valence-corrected chi connectivity index (χ1v) is 6.88. The summed E-state index contributed by atoms with van der Waals surface area (Å²) in [4.78, 5) is 2.28. The Morgan fingerprint density at radius 2 is 2.00 bits per heavy atom. The SMILES string of the molecule is CN(CCCOc1ccc(F)cc1)CC1CC(O)C1. The number of benzene rings is 1. The zero-order valence-electron chi connectivity index (χ0n) is 11.4. The van der Waals surface area contributed by atoms with E-state index in [1.54, 1.807) is 12.1 Å². The van der Waals surface area contributed by atoms with Gasteiger partial charge in [0.15, 0.2) is 0 Å². The molecule has 0 radical (unpaired) electrons. The molecule has 0 unspecified atom stereocenters. The van der Waals surface area contributed by atoms with E-state index in [-0.39, 0.29) is 11.9 Å². The highest BCUT2D eigenvalue weighted by molar-refractivity contribution is 5.21. The van der Waals surface area contributed by atoms with Crippen LogP contribution in [0.15, 0.2) is 24.3 Å². The maximum absolute atomic E-state index is 12.7. The van der Waals surface area contributed by atoms with Gasteiger partial charge >= 0.3 is 0 Å². The molecule has 1 aromatic carbocycles. The molecule has 1 N–H and O–H groups in total. The third kappa shape index (κ3) is 4.80. The zero-order valence-corrected chi connectivity index (χ0v) is 11.4. The van der Waals surface area contributed by atoms with Gasteiger partial charge in [-0.15, -0.1) is 0 Å². The molecule has 0 bridgehead atoms. The lowest BCUT2D eigenvalue weighted by atomic mass is 9.82. The molecule has 106 valence electrons. The summed E-state index contributed by atoms with van der Waals surface area (Å²) in [7, 11) is 2.10. The van der Waals surface area contributed by atoms with E-state index in [4.69, 9.17) is 4.74 Å². The number of hydrogen-bond donors (Lipinski definition) is 1. The third-order valence-electron chi connectivity index (χ3n) is 3.55. The summed E-state index contributed by atoms with van der Waals surface area (Å²) < 4.78 is 18.2. The summed E-state index contributed by atoms with van der Waals surface area (Å²) in [6.07, 6.45) is 2.76. The Morgan fingerprint density at radius 1 is 1.32 bits per heavy atom. The molecule has 0 saturated heterocycles. The molecule has 0 spiro atoms. The van der Waals surface area contributed by atoms with Crippen molar-refractivity contribution in [3.8, 4) is 5.75 Å². The van der Waals surface area contributed by atoms with Crippen LogP contribution in [0.5, 0.6) is 5.75 Å². The summed E-state index contributed by atoms with van der Waals surface area (Å²) in [5.74, 6) is 1.12. The summed E-state index contributed by atoms with van der Waals surface area (Å²) in [5.41, 5.74) is 0. The molecule has 0 aliphatic heterocycles. The molecule has 3 nitrogen and oxygen atoms in total. The van der Waals surface area contributed by atoms with Crippen molar-refractivity contribution in [3.05, 3.63) is 30.1 Å². The topological polar surface area (TPSA) is 32.7 Å². The standard InChI is InChI=1S/C15H22FNO2/c1-17(11-12-9-14(18)10-12)7-2-8-19-15-5-3-13(16)4-6-15/h3-6,12,14,18H,2,7-11H2,1H3. The van der Waals surface area contributed by atoms with Crippen molar-refractivity contribution in [3.63, 3.8) is 0 Å². The molecule has 0 aromatic heterocycles. The largest absolute Gasteiger partial charge is 0.494 e. The second-order valence-corrected chi connectivity index (χ2v) is 5.41. The predicted octanol–water partition coefficient (Wildman–Crippen LogP) is 2.30. The highest BCUT2D eigenvalue weighted by Crippen LogP contribution is 2.27. The van der Waals surface area contributed by atoms with E-state index in [2.05, 4.69) is 11.9 Å². The van der Waals surface area contributed by atoms with Gasteiger partial charge in [-0.1, -0.05) is 0 Å². The zero-order chi connectivity index (χ0) is 13.7. The van der Waals surface area contributed by atoms with Crippen LogP contribution >= 0.6 is 0 Å². The summed E-state index contributed by atoms with van der Waals surface area (Å²) >= 11 is 0. The molecule has 1 aromatic rings. The van der Waals surface area contributed by atoms with Crippen LogP contribution in [-0.4, -0.2) is 42.9 Å². The van der Waals surface area contributed by atoms with Gasteiger partial charge in [-0.05, 0) is 56.5 Å². The number of nitrogens with zero attached hydrogens (tertiary/aromatic N) is 1. The van der Waals surface area contributed by atoms with Gasteiger partial charge in [0.05, 0.1) is 12.7 Å². The van der Waals surface area contributed by atoms with Gasteiger partial charge in [-0.25, -0.2) is 4.39 Å². The minimum atomic E-state index is -0.241. The molecule has 0 amide bonds. The fraction of sp³-hybridized carbons (Fsp3) is 0.600. The number of hydrogen-bond acceptors (Lipinski definition) is 3. The quantitative estimate of drug-likeness (QED) is 0.769. The van der Waals surface area contributed by atoms with Crippen LogP contribution in [-0.2, 0) is 0 Å². The lowest BCUT2D eigenvalue weighted by molar-refractivity contribution is 0.0278. The van der Waals surface area contributed by atoms with E-state index in [1.165, 1.54) is 12.1 Å². The molecule has 19 heavy (non-hydrogen) atoms. The van der Waals surface area contributed by atoms with E-state index in [1.807, 2.05) is 0 Å². The Kier molecular flexibility index (Phi) is 5.16. The van der Waals surface area contributed by atoms with Gasteiger partial charge in [0.1, 0.15) is 11.6 Å². The van der Waals surface area contributed by atoms with Crippen molar-refractivity contribution < 1.29 is 14.2 Å². The Bertz CT molecular complexity index is 376. The van der Waals surface area contributed by atoms with Crippen LogP contribution in [0.1, 0.15) is 19.3 Å². The molecule has 1 aliphatic carbocycles. The maximum atomic E-state index is 12.7. The molecule has 1 saturated carbocycles.